The highest BCUT2D eigenvalue weighted by atomic mass is 15.1. The van der Waals surface area contributed by atoms with Gasteiger partial charge in [0.15, 0.2) is 0 Å². The van der Waals surface area contributed by atoms with E-state index in [1.807, 2.05) is 12.4 Å². The lowest BCUT2D eigenvalue weighted by Gasteiger charge is -2.27. The zero-order valence-corrected chi connectivity index (χ0v) is 12.9. The monoisotopic (exact) mass is 263 g/mol. The molecule has 3 heteroatoms. The Balaban J connectivity index is 2.30. The van der Waals surface area contributed by atoms with Crippen LogP contribution in [0.2, 0.25) is 0 Å². The molecule has 3 nitrogen and oxygen atoms in total. The van der Waals surface area contributed by atoms with E-state index >= 15 is 0 Å². The van der Waals surface area contributed by atoms with Crippen LogP contribution >= 0.6 is 0 Å². The topological polar surface area (TPSA) is 28.2 Å². The SMILES string of the molecule is CCC(CNCC(C)C)N(C)CCc1ccncc1. The van der Waals surface area contributed by atoms with E-state index in [0.717, 1.165) is 32.0 Å². The van der Waals surface area contributed by atoms with Crippen LogP contribution in [0, 0.1) is 5.92 Å². The quantitative estimate of drug-likeness (QED) is 0.742. The molecule has 0 saturated heterocycles. The highest BCUT2D eigenvalue weighted by Gasteiger charge is 2.12. The Morgan fingerprint density at radius 3 is 2.47 bits per heavy atom. The Morgan fingerprint density at radius 1 is 1.21 bits per heavy atom. The first kappa shape index (κ1) is 16.1. The van der Waals surface area contributed by atoms with Crippen molar-refractivity contribution in [1.29, 1.82) is 0 Å². The van der Waals surface area contributed by atoms with Gasteiger partial charge in [-0.2, -0.15) is 0 Å². The van der Waals surface area contributed by atoms with Crippen molar-refractivity contribution in [1.82, 2.24) is 15.2 Å². The summed E-state index contributed by atoms with van der Waals surface area (Å²) in [6, 6.07) is 4.83. The number of pyridine rings is 1. The molecule has 0 aliphatic rings. The second kappa shape index (κ2) is 9.05. The summed E-state index contributed by atoms with van der Waals surface area (Å²) in [6.07, 6.45) is 6.03. The average Bonchev–Trinajstić information content (AvgIpc) is 2.42. The van der Waals surface area contributed by atoms with Crippen LogP contribution in [0.5, 0.6) is 0 Å². The molecule has 1 rings (SSSR count). The molecule has 1 N–H and O–H groups in total. The molecule has 1 atom stereocenters. The molecule has 1 aromatic rings. The van der Waals surface area contributed by atoms with Gasteiger partial charge in [0, 0.05) is 31.5 Å². The zero-order valence-electron chi connectivity index (χ0n) is 12.9. The fourth-order valence-electron chi connectivity index (χ4n) is 2.19. The van der Waals surface area contributed by atoms with Gasteiger partial charge in [0.1, 0.15) is 0 Å². The molecule has 0 radical (unpaired) electrons. The summed E-state index contributed by atoms with van der Waals surface area (Å²) >= 11 is 0. The van der Waals surface area contributed by atoms with Gasteiger partial charge in [-0.15, -0.1) is 0 Å². The van der Waals surface area contributed by atoms with Crippen molar-refractivity contribution in [2.24, 2.45) is 5.92 Å². The number of rotatable bonds is 9. The number of hydrogen-bond donors (Lipinski definition) is 1. The Kier molecular flexibility index (Phi) is 7.68. The van der Waals surface area contributed by atoms with Gasteiger partial charge in [0.05, 0.1) is 0 Å². The van der Waals surface area contributed by atoms with E-state index in [2.05, 4.69) is 55.2 Å². The van der Waals surface area contributed by atoms with Crippen LogP contribution in [-0.4, -0.2) is 42.6 Å². The molecule has 1 aromatic heterocycles. The highest BCUT2D eigenvalue weighted by molar-refractivity contribution is 5.09. The van der Waals surface area contributed by atoms with Gasteiger partial charge in [-0.3, -0.25) is 4.98 Å². The third-order valence-electron chi connectivity index (χ3n) is 3.53. The molecule has 1 unspecified atom stereocenters. The number of aromatic nitrogens is 1. The van der Waals surface area contributed by atoms with Crippen molar-refractivity contribution in [2.45, 2.75) is 39.7 Å². The van der Waals surface area contributed by atoms with Gasteiger partial charge >= 0.3 is 0 Å². The van der Waals surface area contributed by atoms with Crippen LogP contribution in [0.15, 0.2) is 24.5 Å². The van der Waals surface area contributed by atoms with Crippen LogP contribution in [0.1, 0.15) is 32.8 Å². The summed E-state index contributed by atoms with van der Waals surface area (Å²) in [6.45, 7) is 10.1. The van der Waals surface area contributed by atoms with Gasteiger partial charge in [-0.1, -0.05) is 20.8 Å². The highest BCUT2D eigenvalue weighted by Crippen LogP contribution is 2.04. The summed E-state index contributed by atoms with van der Waals surface area (Å²) in [4.78, 5) is 6.52. The molecule has 19 heavy (non-hydrogen) atoms. The number of hydrogen-bond acceptors (Lipinski definition) is 3. The number of likely N-dealkylation sites (N-methyl/N-ethyl adjacent to an activating group) is 1. The molecule has 0 fully saturated rings. The lowest BCUT2D eigenvalue weighted by atomic mass is 10.1. The van der Waals surface area contributed by atoms with Crippen LogP contribution in [-0.2, 0) is 6.42 Å². The first-order valence-corrected chi connectivity index (χ1v) is 7.43. The van der Waals surface area contributed by atoms with E-state index < -0.39 is 0 Å². The Labute approximate surface area is 118 Å². The first-order valence-electron chi connectivity index (χ1n) is 7.43. The van der Waals surface area contributed by atoms with E-state index in [4.69, 9.17) is 0 Å². The molecular formula is C16H29N3. The van der Waals surface area contributed by atoms with Crippen molar-refractivity contribution < 1.29 is 0 Å². The zero-order chi connectivity index (χ0) is 14.1. The number of nitrogens with one attached hydrogen (secondary N) is 1. The third kappa shape index (κ3) is 6.69. The first-order chi connectivity index (χ1) is 9.13. The predicted octanol–water partition coefficient (Wildman–Crippen LogP) is 2.58. The summed E-state index contributed by atoms with van der Waals surface area (Å²) in [5.41, 5.74) is 1.37. The van der Waals surface area contributed by atoms with Gasteiger partial charge in [-0.05, 0) is 50.0 Å². The summed E-state index contributed by atoms with van der Waals surface area (Å²) in [5.74, 6) is 0.722. The lowest BCUT2D eigenvalue weighted by molar-refractivity contribution is 0.230. The Hall–Kier alpha value is -0.930. The molecule has 0 spiro atoms. The summed E-state index contributed by atoms with van der Waals surface area (Å²) in [7, 11) is 2.23. The maximum absolute atomic E-state index is 4.06. The molecule has 0 aliphatic heterocycles. The van der Waals surface area contributed by atoms with E-state index in [-0.39, 0.29) is 0 Å². The standard InChI is InChI=1S/C16H29N3/c1-5-16(13-18-12-14(2)3)19(4)11-8-15-6-9-17-10-7-15/h6-7,9-10,14,16,18H,5,8,11-13H2,1-4H3. The molecule has 108 valence electrons. The van der Waals surface area contributed by atoms with E-state index in [9.17, 15) is 0 Å². The van der Waals surface area contributed by atoms with Crippen molar-refractivity contribution in [2.75, 3.05) is 26.7 Å². The fourth-order valence-corrected chi connectivity index (χ4v) is 2.19. The lowest BCUT2D eigenvalue weighted by Crippen LogP contribution is -2.41. The van der Waals surface area contributed by atoms with Gasteiger partial charge in [0.25, 0.3) is 0 Å². The smallest absolute Gasteiger partial charge is 0.0270 e. The van der Waals surface area contributed by atoms with E-state index in [1.165, 1.54) is 12.0 Å². The van der Waals surface area contributed by atoms with Gasteiger partial charge in [-0.25, -0.2) is 0 Å². The average molecular weight is 263 g/mol. The molecule has 0 saturated carbocycles. The van der Waals surface area contributed by atoms with Crippen LogP contribution in [0.25, 0.3) is 0 Å². The molecule has 0 bridgehead atoms. The minimum Gasteiger partial charge on any atom is -0.315 e. The van der Waals surface area contributed by atoms with Gasteiger partial charge in [0.2, 0.25) is 0 Å². The van der Waals surface area contributed by atoms with Crippen molar-refractivity contribution in [3.8, 4) is 0 Å². The predicted molar refractivity (Wildman–Crippen MR) is 82.4 cm³/mol. The molecule has 0 amide bonds. The maximum atomic E-state index is 4.06. The van der Waals surface area contributed by atoms with Crippen molar-refractivity contribution in [3.63, 3.8) is 0 Å². The van der Waals surface area contributed by atoms with E-state index in [0.29, 0.717) is 6.04 Å². The largest absolute Gasteiger partial charge is 0.315 e. The van der Waals surface area contributed by atoms with Gasteiger partial charge < -0.3 is 10.2 Å². The van der Waals surface area contributed by atoms with E-state index in [1.54, 1.807) is 0 Å². The maximum Gasteiger partial charge on any atom is 0.0270 e. The summed E-state index contributed by atoms with van der Waals surface area (Å²) in [5, 5.41) is 3.56. The Morgan fingerprint density at radius 2 is 1.89 bits per heavy atom. The van der Waals surface area contributed by atoms with Crippen molar-refractivity contribution in [3.05, 3.63) is 30.1 Å². The minimum absolute atomic E-state index is 0.626. The second-order valence-electron chi connectivity index (χ2n) is 5.70. The van der Waals surface area contributed by atoms with Crippen LogP contribution in [0.4, 0.5) is 0 Å². The third-order valence-corrected chi connectivity index (χ3v) is 3.53. The second-order valence-corrected chi connectivity index (χ2v) is 5.70. The van der Waals surface area contributed by atoms with Crippen LogP contribution in [0.3, 0.4) is 0 Å². The molecule has 0 aromatic carbocycles. The van der Waals surface area contributed by atoms with Crippen LogP contribution < -0.4 is 5.32 Å². The summed E-state index contributed by atoms with van der Waals surface area (Å²) < 4.78 is 0. The molecule has 1 heterocycles. The molecular weight excluding hydrogens is 234 g/mol. The normalized spacial score (nSPS) is 13.2. The van der Waals surface area contributed by atoms with Crippen molar-refractivity contribution >= 4 is 0 Å². The fraction of sp³-hybridized carbons (Fsp3) is 0.688. The molecule has 0 aliphatic carbocycles. The number of nitrogens with zero attached hydrogens (tertiary/aromatic N) is 2. The Bertz CT molecular complexity index is 324. The minimum atomic E-state index is 0.626.